The predicted molar refractivity (Wildman–Crippen MR) is 58.8 cm³/mol. The molecule has 0 saturated carbocycles. The molecule has 0 aromatic rings. The van der Waals surface area contributed by atoms with E-state index in [0.717, 1.165) is 0 Å². The minimum absolute atomic E-state index is 0.0677. The van der Waals surface area contributed by atoms with Gasteiger partial charge in [-0.1, -0.05) is 6.92 Å². The molecular weight excluding hydrogens is 216 g/mol. The van der Waals surface area contributed by atoms with Gasteiger partial charge in [-0.25, -0.2) is 0 Å². The summed E-state index contributed by atoms with van der Waals surface area (Å²) >= 11 is 0. The third-order valence-electron chi connectivity index (χ3n) is 2.43. The standard InChI is InChI=1S/C6H14O3.C4H10O3/c1-2-6(3-7,4-8)5-9;5-2-1-4(7)3-6/h7-9H,2-5H2,1H3;4-7H,1-3H2. The van der Waals surface area contributed by atoms with E-state index in [1.165, 1.54) is 0 Å². The first-order chi connectivity index (χ1) is 7.55. The molecule has 0 saturated heterocycles. The number of aliphatic hydroxyl groups is 6. The monoisotopic (exact) mass is 240 g/mol. The van der Waals surface area contributed by atoms with Crippen LogP contribution in [0.2, 0.25) is 0 Å². The molecule has 0 aromatic heterocycles. The minimum Gasteiger partial charge on any atom is -0.396 e. The zero-order chi connectivity index (χ0) is 13.0. The van der Waals surface area contributed by atoms with Crippen molar-refractivity contribution in [3.63, 3.8) is 0 Å². The molecule has 0 aliphatic heterocycles. The maximum atomic E-state index is 8.66. The smallest absolute Gasteiger partial charge is 0.0792 e. The number of rotatable bonds is 7. The molecule has 1 atom stereocenters. The van der Waals surface area contributed by atoms with Gasteiger partial charge in [-0.05, 0) is 12.8 Å². The lowest BCUT2D eigenvalue weighted by Gasteiger charge is -2.24. The van der Waals surface area contributed by atoms with Gasteiger partial charge >= 0.3 is 0 Å². The van der Waals surface area contributed by atoms with Crippen molar-refractivity contribution in [1.82, 2.24) is 0 Å². The zero-order valence-electron chi connectivity index (χ0n) is 9.71. The van der Waals surface area contributed by atoms with Crippen molar-refractivity contribution in [2.75, 3.05) is 33.0 Å². The van der Waals surface area contributed by atoms with Crippen LogP contribution < -0.4 is 0 Å². The summed E-state index contributed by atoms with van der Waals surface area (Å²) in [5.41, 5.74) is -0.667. The first-order valence-corrected chi connectivity index (χ1v) is 5.28. The van der Waals surface area contributed by atoms with Crippen LogP contribution in [0.3, 0.4) is 0 Å². The Kier molecular flexibility index (Phi) is 12.8. The molecule has 0 radical (unpaired) electrons. The molecule has 0 aromatic carbocycles. The highest BCUT2D eigenvalue weighted by Gasteiger charge is 2.24. The summed E-state index contributed by atoms with van der Waals surface area (Å²) < 4.78 is 0. The highest BCUT2D eigenvalue weighted by atomic mass is 16.3. The van der Waals surface area contributed by atoms with Gasteiger partial charge < -0.3 is 30.6 Å². The largest absolute Gasteiger partial charge is 0.396 e. The zero-order valence-corrected chi connectivity index (χ0v) is 9.71. The second-order valence-electron chi connectivity index (χ2n) is 3.68. The molecule has 0 fully saturated rings. The molecule has 0 heterocycles. The van der Waals surface area contributed by atoms with Crippen molar-refractivity contribution in [2.45, 2.75) is 25.9 Å². The molecule has 6 N–H and O–H groups in total. The van der Waals surface area contributed by atoms with E-state index >= 15 is 0 Å². The summed E-state index contributed by atoms with van der Waals surface area (Å²) in [5, 5.41) is 50.6. The highest BCUT2D eigenvalue weighted by molar-refractivity contribution is 4.74. The SMILES string of the molecule is CCC(CO)(CO)CO.OCCC(O)CO. The summed E-state index contributed by atoms with van der Waals surface area (Å²) in [6, 6.07) is 0. The normalized spacial score (nSPS) is 12.9. The summed E-state index contributed by atoms with van der Waals surface area (Å²) in [4.78, 5) is 0. The Hall–Kier alpha value is -0.240. The number of hydrogen-bond donors (Lipinski definition) is 6. The van der Waals surface area contributed by atoms with Gasteiger partial charge in [0.15, 0.2) is 0 Å². The molecule has 16 heavy (non-hydrogen) atoms. The van der Waals surface area contributed by atoms with E-state index in [2.05, 4.69) is 0 Å². The maximum absolute atomic E-state index is 8.66. The molecular formula is C10H24O6. The van der Waals surface area contributed by atoms with E-state index in [0.29, 0.717) is 6.42 Å². The lowest BCUT2D eigenvalue weighted by atomic mass is 9.88. The average Bonchev–Trinajstić information content (AvgIpc) is 2.34. The summed E-state index contributed by atoms with van der Waals surface area (Å²) in [5.74, 6) is 0. The Bertz CT molecular complexity index is 120. The second kappa shape index (κ2) is 11.3. The second-order valence-corrected chi connectivity index (χ2v) is 3.68. The third-order valence-corrected chi connectivity index (χ3v) is 2.43. The van der Waals surface area contributed by atoms with E-state index in [1.54, 1.807) is 0 Å². The molecule has 0 rings (SSSR count). The maximum Gasteiger partial charge on any atom is 0.0792 e. The first-order valence-electron chi connectivity index (χ1n) is 5.28. The van der Waals surface area contributed by atoms with Gasteiger partial charge in [0.1, 0.15) is 0 Å². The minimum atomic E-state index is -0.745. The quantitative estimate of drug-likeness (QED) is 0.308. The lowest BCUT2D eigenvalue weighted by Crippen LogP contribution is -2.32. The first kappa shape index (κ1) is 18.1. The Morgan fingerprint density at radius 2 is 1.38 bits per heavy atom. The Morgan fingerprint density at radius 3 is 1.44 bits per heavy atom. The Labute approximate surface area is 95.8 Å². The molecule has 0 spiro atoms. The van der Waals surface area contributed by atoms with E-state index in [1.807, 2.05) is 6.92 Å². The number of hydrogen-bond acceptors (Lipinski definition) is 6. The van der Waals surface area contributed by atoms with Crippen LogP contribution in [0.15, 0.2) is 0 Å². The van der Waals surface area contributed by atoms with Gasteiger partial charge in [0.25, 0.3) is 0 Å². The third kappa shape index (κ3) is 7.98. The van der Waals surface area contributed by atoms with Gasteiger partial charge in [0, 0.05) is 12.0 Å². The van der Waals surface area contributed by atoms with Crippen LogP contribution in [0.1, 0.15) is 19.8 Å². The fraction of sp³-hybridized carbons (Fsp3) is 1.00. The van der Waals surface area contributed by atoms with Crippen molar-refractivity contribution in [3.8, 4) is 0 Å². The van der Waals surface area contributed by atoms with Crippen LogP contribution in [0.25, 0.3) is 0 Å². The molecule has 6 nitrogen and oxygen atoms in total. The van der Waals surface area contributed by atoms with Crippen molar-refractivity contribution in [2.24, 2.45) is 5.41 Å². The Morgan fingerprint density at radius 1 is 0.938 bits per heavy atom. The topological polar surface area (TPSA) is 121 Å². The Balaban J connectivity index is 0. The summed E-state index contributed by atoms with van der Waals surface area (Å²) in [6.07, 6.45) is 0.109. The van der Waals surface area contributed by atoms with Gasteiger partial charge in [0.2, 0.25) is 0 Å². The lowest BCUT2D eigenvalue weighted by molar-refractivity contribution is 0.00304. The van der Waals surface area contributed by atoms with E-state index < -0.39 is 11.5 Å². The van der Waals surface area contributed by atoms with Crippen LogP contribution >= 0.6 is 0 Å². The van der Waals surface area contributed by atoms with Gasteiger partial charge in [-0.15, -0.1) is 0 Å². The summed E-state index contributed by atoms with van der Waals surface area (Å²) in [6.45, 7) is 1.02. The number of aliphatic hydroxyl groups excluding tert-OH is 6. The highest BCUT2D eigenvalue weighted by Crippen LogP contribution is 2.18. The molecule has 1 unspecified atom stereocenters. The van der Waals surface area contributed by atoms with Crippen LogP contribution in [0.4, 0.5) is 0 Å². The fourth-order valence-electron chi connectivity index (χ4n) is 0.726. The van der Waals surface area contributed by atoms with Gasteiger partial charge in [-0.3, -0.25) is 0 Å². The van der Waals surface area contributed by atoms with E-state index in [9.17, 15) is 0 Å². The molecule has 6 heteroatoms. The predicted octanol–water partition coefficient (Wildman–Crippen LogP) is -1.92. The van der Waals surface area contributed by atoms with Crippen molar-refractivity contribution in [1.29, 1.82) is 0 Å². The van der Waals surface area contributed by atoms with Gasteiger partial charge in [0.05, 0.1) is 32.5 Å². The summed E-state index contributed by atoms with van der Waals surface area (Å²) in [7, 11) is 0. The van der Waals surface area contributed by atoms with Crippen molar-refractivity contribution in [3.05, 3.63) is 0 Å². The average molecular weight is 240 g/mol. The van der Waals surface area contributed by atoms with Crippen molar-refractivity contribution >= 4 is 0 Å². The molecule has 100 valence electrons. The fourth-order valence-corrected chi connectivity index (χ4v) is 0.726. The molecule has 0 amide bonds. The van der Waals surface area contributed by atoms with Crippen LogP contribution in [-0.4, -0.2) is 69.8 Å². The van der Waals surface area contributed by atoms with Crippen LogP contribution in [0, 0.1) is 5.41 Å². The molecule has 0 aliphatic rings. The van der Waals surface area contributed by atoms with E-state index in [4.69, 9.17) is 30.6 Å². The molecule has 0 bridgehead atoms. The van der Waals surface area contributed by atoms with E-state index in [-0.39, 0.29) is 39.5 Å². The van der Waals surface area contributed by atoms with Crippen molar-refractivity contribution < 1.29 is 30.6 Å². The molecule has 0 aliphatic carbocycles. The van der Waals surface area contributed by atoms with Gasteiger partial charge in [-0.2, -0.15) is 0 Å². The van der Waals surface area contributed by atoms with Crippen LogP contribution in [-0.2, 0) is 0 Å². The van der Waals surface area contributed by atoms with Crippen LogP contribution in [0.5, 0.6) is 0 Å².